The van der Waals surface area contributed by atoms with E-state index in [0.29, 0.717) is 19.3 Å². The Kier molecular flexibility index (Phi) is 43.2. The minimum Gasteiger partial charge on any atom is -0.462 e. The molecule has 0 heterocycles. The predicted molar refractivity (Wildman–Crippen MR) is 251 cm³/mol. The lowest BCUT2D eigenvalue weighted by molar-refractivity contribution is -0.167. The molecule has 0 fully saturated rings. The number of unbranched alkanes of at least 4 members (excludes halogenated alkanes) is 15. The van der Waals surface area contributed by atoms with E-state index < -0.39 is 12.1 Å². The van der Waals surface area contributed by atoms with Crippen LogP contribution in [0.4, 0.5) is 0 Å². The molecule has 59 heavy (non-hydrogen) atoms. The maximum Gasteiger partial charge on any atom is 0.306 e. The third kappa shape index (κ3) is 44.8. The summed E-state index contributed by atoms with van der Waals surface area (Å²) in [6.45, 7) is 6.28. The van der Waals surface area contributed by atoms with E-state index in [0.717, 1.165) is 96.3 Å². The van der Waals surface area contributed by atoms with Gasteiger partial charge in [0.05, 0.1) is 0 Å². The van der Waals surface area contributed by atoms with Crippen molar-refractivity contribution in [2.75, 3.05) is 13.2 Å². The fraction of sp³-hybridized carbons (Fsp3) is 0.566. The zero-order valence-electron chi connectivity index (χ0n) is 37.5. The first-order valence-electron chi connectivity index (χ1n) is 23.2. The molecule has 0 radical (unpaired) electrons. The van der Waals surface area contributed by atoms with Crippen LogP contribution >= 0.6 is 0 Å². The van der Waals surface area contributed by atoms with Crippen molar-refractivity contribution >= 4 is 17.9 Å². The highest BCUT2D eigenvalue weighted by atomic mass is 16.6. The largest absolute Gasteiger partial charge is 0.462 e. The molecule has 6 nitrogen and oxygen atoms in total. The first-order valence-corrected chi connectivity index (χ1v) is 23.2. The molecule has 0 bridgehead atoms. The van der Waals surface area contributed by atoms with Crippen molar-refractivity contribution in [3.05, 3.63) is 122 Å². The van der Waals surface area contributed by atoms with Crippen molar-refractivity contribution in [1.82, 2.24) is 0 Å². The van der Waals surface area contributed by atoms with Crippen molar-refractivity contribution in [2.24, 2.45) is 0 Å². The van der Waals surface area contributed by atoms with Crippen LogP contribution in [0, 0.1) is 0 Å². The van der Waals surface area contributed by atoms with E-state index in [4.69, 9.17) is 14.2 Å². The van der Waals surface area contributed by atoms with Crippen LogP contribution in [0.2, 0.25) is 0 Å². The molecule has 0 aliphatic carbocycles. The second-order valence-corrected chi connectivity index (χ2v) is 14.8. The van der Waals surface area contributed by atoms with Gasteiger partial charge < -0.3 is 14.2 Å². The highest BCUT2D eigenvalue weighted by Crippen LogP contribution is 2.11. The Balaban J connectivity index is 4.55. The minimum absolute atomic E-state index is 0.125. The Labute approximate surface area is 361 Å². The van der Waals surface area contributed by atoms with E-state index in [1.807, 2.05) is 54.7 Å². The van der Waals surface area contributed by atoms with Gasteiger partial charge in [-0.3, -0.25) is 14.4 Å². The molecule has 0 aliphatic heterocycles. The number of allylic oxidation sites excluding steroid dienone is 20. The first-order chi connectivity index (χ1) is 29.0. The lowest BCUT2D eigenvalue weighted by Gasteiger charge is -2.18. The number of esters is 3. The van der Waals surface area contributed by atoms with Gasteiger partial charge in [-0.2, -0.15) is 0 Å². The fourth-order valence-electron chi connectivity index (χ4n) is 5.64. The van der Waals surface area contributed by atoms with Gasteiger partial charge in [-0.15, -0.1) is 0 Å². The summed E-state index contributed by atoms with van der Waals surface area (Å²) in [5.74, 6) is -1.05. The van der Waals surface area contributed by atoms with Crippen LogP contribution in [0.5, 0.6) is 0 Å². The molecule has 0 aromatic rings. The van der Waals surface area contributed by atoms with Crippen molar-refractivity contribution in [2.45, 2.75) is 181 Å². The summed E-state index contributed by atoms with van der Waals surface area (Å²) < 4.78 is 16.6. The average molecular weight is 815 g/mol. The smallest absolute Gasteiger partial charge is 0.306 e. The molecule has 0 aromatic heterocycles. The Morgan fingerprint density at radius 2 is 0.712 bits per heavy atom. The van der Waals surface area contributed by atoms with E-state index in [1.165, 1.54) is 32.1 Å². The lowest BCUT2D eigenvalue weighted by atomic mass is 10.1. The highest BCUT2D eigenvalue weighted by molar-refractivity contribution is 5.71. The molecule has 330 valence electrons. The standard InChI is InChI=1S/C53H82O6/c1-4-7-10-13-16-19-22-24-25-26-27-28-30-31-34-37-40-43-46-52(55)58-49-50(48-57-51(54)45-42-39-36-33-21-18-15-12-9-6-3)59-53(56)47-44-41-38-35-32-29-23-20-17-14-11-8-5-2/h8,11,14-20,22-29,32,35,38,50H,4-7,9-10,12-13,21,30-31,33-34,36-37,39-49H2,1-3H3/b11-8-,17-14-,18-15-,19-16-,23-20-,24-22-,26-25-,28-27-,32-29-,38-35-. The van der Waals surface area contributed by atoms with Crippen molar-refractivity contribution < 1.29 is 28.6 Å². The molecular weight excluding hydrogens is 733 g/mol. The van der Waals surface area contributed by atoms with Crippen molar-refractivity contribution in [3.8, 4) is 0 Å². The van der Waals surface area contributed by atoms with Crippen LogP contribution in [-0.4, -0.2) is 37.2 Å². The third-order valence-electron chi connectivity index (χ3n) is 9.14. The van der Waals surface area contributed by atoms with Crippen molar-refractivity contribution in [3.63, 3.8) is 0 Å². The van der Waals surface area contributed by atoms with E-state index in [9.17, 15) is 14.4 Å². The zero-order chi connectivity index (χ0) is 43.0. The maximum atomic E-state index is 12.7. The van der Waals surface area contributed by atoms with Crippen LogP contribution in [0.25, 0.3) is 0 Å². The molecule has 0 rings (SSSR count). The Morgan fingerprint density at radius 1 is 0.356 bits per heavy atom. The second-order valence-electron chi connectivity index (χ2n) is 14.8. The summed E-state index contributed by atoms with van der Waals surface area (Å²) in [6, 6.07) is 0. The van der Waals surface area contributed by atoms with Gasteiger partial charge in [-0.05, 0) is 77.0 Å². The number of hydrogen-bond donors (Lipinski definition) is 0. The first kappa shape index (κ1) is 54.8. The van der Waals surface area contributed by atoms with Gasteiger partial charge in [-0.1, -0.05) is 200 Å². The quantitative estimate of drug-likeness (QED) is 0.0202. The van der Waals surface area contributed by atoms with Gasteiger partial charge in [0.25, 0.3) is 0 Å². The number of rotatable bonds is 39. The van der Waals surface area contributed by atoms with E-state index in [1.54, 1.807) is 0 Å². The molecule has 6 heteroatoms. The summed E-state index contributed by atoms with van der Waals surface area (Å²) in [5.41, 5.74) is 0. The van der Waals surface area contributed by atoms with E-state index in [-0.39, 0.29) is 31.6 Å². The fourth-order valence-corrected chi connectivity index (χ4v) is 5.64. The van der Waals surface area contributed by atoms with E-state index >= 15 is 0 Å². The van der Waals surface area contributed by atoms with Crippen LogP contribution in [0.1, 0.15) is 175 Å². The van der Waals surface area contributed by atoms with E-state index in [2.05, 4.69) is 87.6 Å². The molecule has 0 amide bonds. The molecule has 0 aromatic carbocycles. The molecule has 1 unspecified atom stereocenters. The Morgan fingerprint density at radius 3 is 1.19 bits per heavy atom. The molecule has 0 saturated carbocycles. The van der Waals surface area contributed by atoms with Crippen molar-refractivity contribution in [1.29, 1.82) is 0 Å². The number of carbonyl (C=O) groups is 3. The number of carbonyl (C=O) groups excluding carboxylic acids is 3. The minimum atomic E-state index is -0.831. The van der Waals surface area contributed by atoms with Gasteiger partial charge in [0, 0.05) is 19.3 Å². The Hall–Kier alpha value is -4.19. The number of ether oxygens (including phenoxy) is 3. The normalized spacial score (nSPS) is 13.2. The topological polar surface area (TPSA) is 78.9 Å². The SMILES string of the molecule is CC\C=C/C=C\C=C/C=C\C=C/CCCC(=O)OC(COC(=O)CCCCCC/C=C\CCCC)COC(=O)CCCCCCC\C=C/C=C\C=C/C=C\CCCCC. The van der Waals surface area contributed by atoms with Gasteiger partial charge >= 0.3 is 17.9 Å². The maximum absolute atomic E-state index is 12.7. The summed E-state index contributed by atoms with van der Waals surface area (Å²) >= 11 is 0. The number of hydrogen-bond acceptors (Lipinski definition) is 6. The molecule has 0 aliphatic rings. The highest BCUT2D eigenvalue weighted by Gasteiger charge is 2.19. The summed E-state index contributed by atoms with van der Waals surface area (Å²) in [7, 11) is 0. The van der Waals surface area contributed by atoms with Gasteiger partial charge in [0.15, 0.2) is 6.10 Å². The predicted octanol–water partition coefficient (Wildman–Crippen LogP) is 15.0. The third-order valence-corrected chi connectivity index (χ3v) is 9.14. The van der Waals surface area contributed by atoms with Gasteiger partial charge in [0.1, 0.15) is 13.2 Å². The Bertz CT molecular complexity index is 1300. The summed E-state index contributed by atoms with van der Waals surface area (Å²) in [5, 5.41) is 0. The average Bonchev–Trinajstić information content (AvgIpc) is 3.23. The molecule has 0 N–H and O–H groups in total. The van der Waals surface area contributed by atoms with Gasteiger partial charge in [-0.25, -0.2) is 0 Å². The van der Waals surface area contributed by atoms with Crippen LogP contribution in [-0.2, 0) is 28.6 Å². The molecule has 0 spiro atoms. The molecular formula is C53H82O6. The molecule has 0 saturated heterocycles. The van der Waals surface area contributed by atoms with Crippen LogP contribution in [0.3, 0.4) is 0 Å². The lowest BCUT2D eigenvalue weighted by Crippen LogP contribution is -2.30. The second kappa shape index (κ2) is 46.5. The van der Waals surface area contributed by atoms with Gasteiger partial charge in [0.2, 0.25) is 0 Å². The summed E-state index contributed by atoms with van der Waals surface area (Å²) in [4.78, 5) is 37.7. The van der Waals surface area contributed by atoms with Crippen LogP contribution < -0.4 is 0 Å². The van der Waals surface area contributed by atoms with Crippen LogP contribution in [0.15, 0.2) is 122 Å². The molecule has 1 atom stereocenters. The summed E-state index contributed by atoms with van der Waals surface area (Å²) in [6.07, 6.45) is 63.3. The monoisotopic (exact) mass is 815 g/mol. The zero-order valence-corrected chi connectivity index (χ0v) is 37.5.